The summed E-state index contributed by atoms with van der Waals surface area (Å²) in [6.07, 6.45) is 0. The molecule has 0 aliphatic rings. The highest BCUT2D eigenvalue weighted by Crippen LogP contribution is 2.18. The average Bonchev–Trinajstić information content (AvgIpc) is 2.39. The summed E-state index contributed by atoms with van der Waals surface area (Å²) in [6.45, 7) is 0. The summed E-state index contributed by atoms with van der Waals surface area (Å²) in [6, 6.07) is 16.9. The first-order valence-corrected chi connectivity index (χ1v) is 6.64. The molecule has 4 heteroatoms. The van der Waals surface area contributed by atoms with E-state index >= 15 is 0 Å². The Hall–Kier alpha value is -1.26. The van der Waals surface area contributed by atoms with Crippen molar-refractivity contribution in [2.45, 2.75) is 4.90 Å². The van der Waals surface area contributed by atoms with Crippen molar-refractivity contribution >= 4 is 33.8 Å². The molecule has 2 aromatic carbocycles. The molecular formula is C13H10BrNOS. The fourth-order valence-electron chi connectivity index (χ4n) is 1.26. The lowest BCUT2D eigenvalue weighted by atomic mass is 10.2. The minimum atomic E-state index is -0.0847. The summed E-state index contributed by atoms with van der Waals surface area (Å²) in [5.41, 5.74) is 0.664. The molecule has 0 bridgehead atoms. The van der Waals surface area contributed by atoms with Gasteiger partial charge >= 0.3 is 0 Å². The van der Waals surface area contributed by atoms with Crippen molar-refractivity contribution in [2.24, 2.45) is 0 Å². The van der Waals surface area contributed by atoms with E-state index in [0.29, 0.717) is 5.56 Å². The van der Waals surface area contributed by atoms with Gasteiger partial charge in [0.1, 0.15) is 0 Å². The standard InChI is InChI=1S/C13H10BrNOS/c14-11-6-8-12(9-7-11)17-15-13(16)10-4-2-1-3-5-10/h1-9H,(H,15,16). The van der Waals surface area contributed by atoms with Gasteiger partial charge in [0, 0.05) is 14.9 Å². The van der Waals surface area contributed by atoms with Gasteiger partial charge in [-0.1, -0.05) is 34.1 Å². The molecule has 0 aliphatic carbocycles. The summed E-state index contributed by atoms with van der Waals surface area (Å²) in [7, 11) is 0. The van der Waals surface area contributed by atoms with E-state index in [1.807, 2.05) is 42.5 Å². The van der Waals surface area contributed by atoms with Crippen molar-refractivity contribution in [3.8, 4) is 0 Å². The zero-order valence-corrected chi connectivity index (χ0v) is 11.3. The molecule has 1 amide bonds. The SMILES string of the molecule is O=C(NSc1ccc(Br)cc1)c1ccccc1. The molecule has 0 atom stereocenters. The van der Waals surface area contributed by atoms with E-state index in [4.69, 9.17) is 0 Å². The first-order valence-electron chi connectivity index (χ1n) is 5.03. The monoisotopic (exact) mass is 307 g/mol. The van der Waals surface area contributed by atoms with Gasteiger partial charge in [0.15, 0.2) is 0 Å². The Morgan fingerprint density at radius 1 is 1.00 bits per heavy atom. The fraction of sp³-hybridized carbons (Fsp3) is 0. The highest BCUT2D eigenvalue weighted by molar-refractivity contribution is 9.10. The lowest BCUT2D eigenvalue weighted by molar-refractivity contribution is 0.0984. The summed E-state index contributed by atoms with van der Waals surface area (Å²) < 4.78 is 3.82. The first kappa shape index (κ1) is 12.2. The van der Waals surface area contributed by atoms with Crippen LogP contribution in [0.1, 0.15) is 10.4 Å². The highest BCUT2D eigenvalue weighted by atomic mass is 79.9. The van der Waals surface area contributed by atoms with Crippen LogP contribution >= 0.6 is 27.9 Å². The van der Waals surface area contributed by atoms with Crippen LogP contribution in [0.3, 0.4) is 0 Å². The number of hydrogen-bond acceptors (Lipinski definition) is 2. The van der Waals surface area contributed by atoms with E-state index in [2.05, 4.69) is 20.7 Å². The number of carbonyl (C=O) groups excluding carboxylic acids is 1. The molecule has 2 aromatic rings. The molecule has 0 saturated heterocycles. The predicted octanol–water partition coefficient (Wildman–Crippen LogP) is 3.89. The van der Waals surface area contributed by atoms with Crippen molar-refractivity contribution in [2.75, 3.05) is 0 Å². The Morgan fingerprint density at radius 2 is 1.65 bits per heavy atom. The van der Waals surface area contributed by atoms with Gasteiger partial charge in [0.25, 0.3) is 5.91 Å². The first-order chi connectivity index (χ1) is 8.25. The van der Waals surface area contributed by atoms with Crippen LogP contribution in [-0.4, -0.2) is 5.91 Å². The third-order valence-electron chi connectivity index (χ3n) is 2.11. The Morgan fingerprint density at radius 3 is 2.29 bits per heavy atom. The molecule has 0 fully saturated rings. The van der Waals surface area contributed by atoms with Crippen LogP contribution in [0.4, 0.5) is 0 Å². The van der Waals surface area contributed by atoms with Gasteiger partial charge in [-0.2, -0.15) is 0 Å². The van der Waals surface area contributed by atoms with Crippen LogP contribution < -0.4 is 4.72 Å². The number of amides is 1. The third kappa shape index (κ3) is 3.61. The smallest absolute Gasteiger partial charge is 0.261 e. The predicted molar refractivity (Wildman–Crippen MR) is 73.9 cm³/mol. The van der Waals surface area contributed by atoms with Crippen molar-refractivity contribution in [1.82, 2.24) is 4.72 Å². The molecule has 0 saturated carbocycles. The van der Waals surface area contributed by atoms with Crippen molar-refractivity contribution in [3.63, 3.8) is 0 Å². The maximum atomic E-state index is 11.7. The van der Waals surface area contributed by atoms with E-state index in [9.17, 15) is 4.79 Å². The lowest BCUT2D eigenvalue weighted by Gasteiger charge is -2.04. The van der Waals surface area contributed by atoms with E-state index in [0.717, 1.165) is 9.37 Å². The van der Waals surface area contributed by atoms with Crippen LogP contribution in [0.5, 0.6) is 0 Å². The molecule has 0 aliphatic heterocycles. The van der Waals surface area contributed by atoms with E-state index in [1.54, 1.807) is 12.1 Å². The summed E-state index contributed by atoms with van der Waals surface area (Å²) in [4.78, 5) is 12.7. The normalized spacial score (nSPS) is 9.94. The van der Waals surface area contributed by atoms with Crippen molar-refractivity contribution in [3.05, 3.63) is 64.6 Å². The van der Waals surface area contributed by atoms with Crippen LogP contribution in [0.2, 0.25) is 0 Å². The van der Waals surface area contributed by atoms with Gasteiger partial charge in [0.05, 0.1) is 0 Å². The van der Waals surface area contributed by atoms with Crippen LogP contribution in [-0.2, 0) is 0 Å². The molecule has 0 radical (unpaired) electrons. The van der Waals surface area contributed by atoms with Crippen molar-refractivity contribution < 1.29 is 4.79 Å². The molecule has 86 valence electrons. The maximum absolute atomic E-state index is 11.7. The average molecular weight is 308 g/mol. The molecule has 1 N–H and O–H groups in total. The fourth-order valence-corrected chi connectivity index (χ4v) is 2.12. The molecular weight excluding hydrogens is 298 g/mol. The number of benzene rings is 2. The topological polar surface area (TPSA) is 29.1 Å². The summed E-state index contributed by atoms with van der Waals surface area (Å²) in [5.74, 6) is -0.0847. The Balaban J connectivity index is 1.95. The Bertz CT molecular complexity index is 499. The van der Waals surface area contributed by atoms with E-state index in [1.165, 1.54) is 11.9 Å². The number of hydrogen-bond donors (Lipinski definition) is 1. The zero-order chi connectivity index (χ0) is 12.1. The second-order valence-electron chi connectivity index (χ2n) is 3.35. The van der Waals surface area contributed by atoms with Crippen LogP contribution in [0.25, 0.3) is 0 Å². The van der Waals surface area contributed by atoms with Gasteiger partial charge in [-0.3, -0.25) is 9.52 Å². The van der Waals surface area contributed by atoms with Gasteiger partial charge in [-0.25, -0.2) is 0 Å². The Kier molecular flexibility index (Phi) is 4.23. The van der Waals surface area contributed by atoms with Crippen molar-refractivity contribution in [1.29, 1.82) is 0 Å². The number of carbonyl (C=O) groups is 1. The number of rotatable bonds is 3. The van der Waals surface area contributed by atoms with Crippen LogP contribution in [0.15, 0.2) is 64.0 Å². The lowest BCUT2D eigenvalue weighted by Crippen LogP contribution is -2.15. The second-order valence-corrected chi connectivity index (χ2v) is 5.15. The van der Waals surface area contributed by atoms with Gasteiger partial charge in [-0.15, -0.1) is 0 Å². The molecule has 17 heavy (non-hydrogen) atoms. The minimum Gasteiger partial charge on any atom is -0.292 e. The van der Waals surface area contributed by atoms with Gasteiger partial charge < -0.3 is 0 Å². The maximum Gasteiger partial charge on any atom is 0.261 e. The summed E-state index contributed by atoms with van der Waals surface area (Å²) >= 11 is 4.68. The highest BCUT2D eigenvalue weighted by Gasteiger charge is 2.04. The second kappa shape index (κ2) is 5.89. The zero-order valence-electron chi connectivity index (χ0n) is 8.89. The van der Waals surface area contributed by atoms with Crippen LogP contribution in [0, 0.1) is 0 Å². The summed E-state index contributed by atoms with van der Waals surface area (Å²) in [5, 5.41) is 0. The molecule has 0 unspecified atom stereocenters. The van der Waals surface area contributed by atoms with Gasteiger partial charge in [0.2, 0.25) is 0 Å². The molecule has 0 heterocycles. The molecule has 2 rings (SSSR count). The Labute approximate surface area is 113 Å². The minimum absolute atomic E-state index is 0.0847. The molecule has 0 aromatic heterocycles. The number of halogens is 1. The quantitative estimate of drug-likeness (QED) is 0.872. The number of nitrogens with one attached hydrogen (secondary N) is 1. The third-order valence-corrected chi connectivity index (χ3v) is 3.44. The van der Waals surface area contributed by atoms with Gasteiger partial charge in [-0.05, 0) is 48.3 Å². The molecule has 0 spiro atoms. The molecule has 2 nitrogen and oxygen atoms in total. The van der Waals surface area contributed by atoms with E-state index < -0.39 is 0 Å². The van der Waals surface area contributed by atoms with E-state index in [-0.39, 0.29) is 5.91 Å². The largest absolute Gasteiger partial charge is 0.292 e.